The summed E-state index contributed by atoms with van der Waals surface area (Å²) >= 11 is 0. The van der Waals surface area contributed by atoms with Crippen LogP contribution >= 0.6 is 0 Å². The van der Waals surface area contributed by atoms with Crippen LogP contribution in [0.5, 0.6) is 0 Å². The third-order valence-corrected chi connectivity index (χ3v) is 7.27. The predicted molar refractivity (Wildman–Crippen MR) is 123 cm³/mol. The molecule has 5 rings (SSSR count). The Balaban J connectivity index is 1.21. The first-order chi connectivity index (χ1) is 16.1. The Hall–Kier alpha value is -2.94. The zero-order chi connectivity index (χ0) is 24.2. The molecule has 4 aliphatic rings. The Bertz CT molecular complexity index is 1050. The predicted octanol–water partition coefficient (Wildman–Crippen LogP) is 1.94. The van der Waals surface area contributed by atoms with Gasteiger partial charge in [0.25, 0.3) is 5.91 Å². The fourth-order valence-corrected chi connectivity index (χ4v) is 5.76. The molecule has 1 aromatic carbocycles. The van der Waals surface area contributed by atoms with Crippen molar-refractivity contribution in [2.45, 2.75) is 83.3 Å². The van der Waals surface area contributed by atoms with E-state index in [1.807, 2.05) is 43.9 Å². The summed E-state index contributed by atoms with van der Waals surface area (Å²) in [5, 5.41) is 5.95. The van der Waals surface area contributed by atoms with E-state index >= 15 is 0 Å². The monoisotopic (exact) mass is 468 g/mol. The molecular formula is C25H32N4O5. The maximum absolute atomic E-state index is 12.9. The number of nitrogens with one attached hydrogen (secondary N) is 2. The average molecular weight is 469 g/mol. The Kier molecular flexibility index (Phi) is 5.62. The number of nitrogens with zero attached hydrogens (tertiary/aromatic N) is 2. The second-order valence-electron chi connectivity index (χ2n) is 10.9. The first-order valence-corrected chi connectivity index (χ1v) is 12.1. The van der Waals surface area contributed by atoms with Crippen molar-refractivity contribution < 1.29 is 23.9 Å². The molecule has 1 aromatic rings. The molecule has 4 atom stereocenters. The molecule has 3 aliphatic heterocycles. The van der Waals surface area contributed by atoms with E-state index in [2.05, 4.69) is 10.6 Å². The van der Waals surface area contributed by atoms with Gasteiger partial charge < -0.3 is 19.9 Å². The summed E-state index contributed by atoms with van der Waals surface area (Å²) in [7, 11) is 0. The van der Waals surface area contributed by atoms with Crippen molar-refractivity contribution in [1.29, 1.82) is 0 Å². The minimum Gasteiger partial charge on any atom is -0.444 e. The van der Waals surface area contributed by atoms with E-state index in [1.165, 1.54) is 0 Å². The minimum atomic E-state index is -0.605. The molecule has 34 heavy (non-hydrogen) atoms. The number of carbonyl (C=O) groups excluding carboxylic acids is 4. The Morgan fingerprint density at radius 3 is 2.71 bits per heavy atom. The molecule has 4 amide bonds. The number of hydrogen-bond acceptors (Lipinski definition) is 6. The van der Waals surface area contributed by atoms with E-state index in [0.29, 0.717) is 31.0 Å². The minimum absolute atomic E-state index is 0.138. The van der Waals surface area contributed by atoms with Crippen molar-refractivity contribution >= 4 is 23.8 Å². The van der Waals surface area contributed by atoms with E-state index < -0.39 is 17.6 Å². The number of ether oxygens (including phenoxy) is 1. The number of carbonyl (C=O) groups is 4. The Morgan fingerprint density at radius 1 is 1.21 bits per heavy atom. The van der Waals surface area contributed by atoms with E-state index in [0.717, 1.165) is 30.5 Å². The molecule has 182 valence electrons. The van der Waals surface area contributed by atoms with Crippen LogP contribution in [0.25, 0.3) is 0 Å². The summed E-state index contributed by atoms with van der Waals surface area (Å²) in [4.78, 5) is 52.6. The fourth-order valence-electron chi connectivity index (χ4n) is 5.76. The van der Waals surface area contributed by atoms with Gasteiger partial charge in [0.2, 0.25) is 11.8 Å². The number of imide groups is 1. The summed E-state index contributed by atoms with van der Waals surface area (Å²) < 4.78 is 5.59. The molecule has 1 aliphatic carbocycles. The van der Waals surface area contributed by atoms with Crippen LogP contribution in [0, 0.1) is 5.92 Å². The van der Waals surface area contributed by atoms with Crippen molar-refractivity contribution in [3.05, 3.63) is 34.9 Å². The summed E-state index contributed by atoms with van der Waals surface area (Å²) in [5.41, 5.74) is 2.07. The molecule has 0 spiro atoms. The highest BCUT2D eigenvalue weighted by Gasteiger charge is 2.48. The average Bonchev–Trinajstić information content (AvgIpc) is 3.44. The number of piperidine rings is 2. The smallest absolute Gasteiger partial charge is 0.410 e. The van der Waals surface area contributed by atoms with E-state index in [-0.39, 0.29) is 36.4 Å². The van der Waals surface area contributed by atoms with Gasteiger partial charge >= 0.3 is 6.09 Å². The lowest BCUT2D eigenvalue weighted by atomic mass is 10.0. The van der Waals surface area contributed by atoms with Crippen LogP contribution in [-0.2, 0) is 27.4 Å². The van der Waals surface area contributed by atoms with Crippen LogP contribution in [0.3, 0.4) is 0 Å². The molecule has 2 saturated heterocycles. The van der Waals surface area contributed by atoms with Gasteiger partial charge in [-0.3, -0.25) is 19.7 Å². The highest BCUT2D eigenvalue weighted by molar-refractivity contribution is 6.05. The third kappa shape index (κ3) is 4.29. The summed E-state index contributed by atoms with van der Waals surface area (Å²) in [5.74, 6) is -0.352. The summed E-state index contributed by atoms with van der Waals surface area (Å²) in [6, 6.07) is 5.53. The van der Waals surface area contributed by atoms with Crippen LogP contribution in [0.4, 0.5) is 4.79 Å². The number of hydrogen-bond donors (Lipinski definition) is 2. The third-order valence-electron chi connectivity index (χ3n) is 7.27. The van der Waals surface area contributed by atoms with E-state index in [1.54, 1.807) is 4.90 Å². The topological polar surface area (TPSA) is 108 Å². The van der Waals surface area contributed by atoms with Crippen LogP contribution in [-0.4, -0.2) is 63.9 Å². The SMILES string of the molecule is CC(C)(C)OC(=O)N1C[C@H]2C[C@H](NCc3ccc4c(c3)CN(C3CCC(=O)NC3=O)C4=O)[C@@H]1C2. The molecule has 1 unspecified atom stereocenters. The van der Waals surface area contributed by atoms with Crippen molar-refractivity contribution in [3.8, 4) is 0 Å². The first-order valence-electron chi connectivity index (χ1n) is 12.1. The van der Waals surface area contributed by atoms with Crippen LogP contribution < -0.4 is 10.6 Å². The molecule has 3 fully saturated rings. The highest BCUT2D eigenvalue weighted by atomic mass is 16.6. The van der Waals surface area contributed by atoms with Gasteiger partial charge in [-0.15, -0.1) is 0 Å². The fraction of sp³-hybridized carbons (Fsp3) is 0.600. The number of likely N-dealkylation sites (tertiary alicyclic amines) is 1. The van der Waals surface area contributed by atoms with Crippen molar-refractivity contribution in [2.24, 2.45) is 5.92 Å². The van der Waals surface area contributed by atoms with Crippen LogP contribution in [0.2, 0.25) is 0 Å². The summed E-state index contributed by atoms with van der Waals surface area (Å²) in [6.45, 7) is 7.41. The Labute approximate surface area is 199 Å². The first kappa shape index (κ1) is 22.8. The van der Waals surface area contributed by atoms with Crippen molar-refractivity contribution in [1.82, 2.24) is 20.4 Å². The molecule has 3 heterocycles. The molecule has 0 radical (unpaired) electrons. The van der Waals surface area contributed by atoms with Gasteiger partial charge in [-0.2, -0.15) is 0 Å². The van der Waals surface area contributed by atoms with E-state index in [4.69, 9.17) is 4.74 Å². The lowest BCUT2D eigenvalue weighted by Gasteiger charge is -2.35. The highest BCUT2D eigenvalue weighted by Crippen LogP contribution is 2.39. The number of amides is 4. The standard InChI is InChI=1S/C25H32N4O5/c1-25(2,3)34-24(33)29-12-15-9-18(20(29)10-15)26-11-14-4-5-17-16(8-14)13-28(23(17)32)19-6-7-21(30)27-22(19)31/h4-5,8,15,18-20,26H,6-7,9-13H2,1-3H3,(H,27,30,31)/t15-,18-,19?,20-/m0/s1. The zero-order valence-electron chi connectivity index (χ0n) is 19.9. The molecule has 9 heteroatoms. The number of benzene rings is 1. The van der Waals surface area contributed by atoms with Gasteiger partial charge in [0.1, 0.15) is 11.6 Å². The van der Waals surface area contributed by atoms with Gasteiger partial charge in [-0.1, -0.05) is 12.1 Å². The number of rotatable bonds is 4. The Morgan fingerprint density at radius 2 is 2.00 bits per heavy atom. The van der Waals surface area contributed by atoms with Crippen molar-refractivity contribution in [3.63, 3.8) is 0 Å². The second-order valence-corrected chi connectivity index (χ2v) is 10.9. The molecule has 1 saturated carbocycles. The molecule has 0 aromatic heterocycles. The maximum atomic E-state index is 12.9. The van der Waals surface area contributed by atoms with Gasteiger partial charge in [0.15, 0.2) is 0 Å². The van der Waals surface area contributed by atoms with Gasteiger partial charge in [-0.25, -0.2) is 4.79 Å². The second kappa shape index (κ2) is 8.37. The van der Waals surface area contributed by atoms with E-state index in [9.17, 15) is 19.2 Å². The summed E-state index contributed by atoms with van der Waals surface area (Å²) in [6.07, 6.45) is 2.40. The zero-order valence-corrected chi connectivity index (χ0v) is 19.9. The van der Waals surface area contributed by atoms with Gasteiger partial charge in [0.05, 0.1) is 6.04 Å². The molecule has 2 N–H and O–H groups in total. The molecular weight excluding hydrogens is 436 g/mol. The lowest BCUT2D eigenvalue weighted by Crippen LogP contribution is -2.52. The maximum Gasteiger partial charge on any atom is 0.410 e. The van der Waals surface area contributed by atoms with Crippen molar-refractivity contribution in [2.75, 3.05) is 6.54 Å². The normalized spacial score (nSPS) is 28.4. The molecule has 2 bridgehead atoms. The van der Waals surface area contributed by atoms with Crippen LogP contribution in [0.15, 0.2) is 18.2 Å². The molecule has 9 nitrogen and oxygen atoms in total. The van der Waals surface area contributed by atoms with Crippen LogP contribution in [0.1, 0.15) is 67.9 Å². The van der Waals surface area contributed by atoms with Gasteiger partial charge in [-0.05, 0) is 63.1 Å². The van der Waals surface area contributed by atoms with Gasteiger partial charge in [0, 0.05) is 37.7 Å². The quantitative estimate of drug-likeness (QED) is 0.654. The number of fused-ring (bicyclic) bond motifs is 3. The lowest BCUT2D eigenvalue weighted by molar-refractivity contribution is -0.136. The largest absolute Gasteiger partial charge is 0.444 e.